The van der Waals surface area contributed by atoms with Crippen LogP contribution in [0, 0.1) is 6.92 Å². The Kier molecular flexibility index (Phi) is 6.98. The van der Waals surface area contributed by atoms with Crippen LogP contribution in [-0.4, -0.2) is 42.6 Å². The molecule has 3 aromatic rings. The van der Waals surface area contributed by atoms with Gasteiger partial charge in [0.15, 0.2) is 0 Å². The Bertz CT molecular complexity index is 1170. The number of benzene rings is 2. The second kappa shape index (κ2) is 9.95. The molecule has 35 heavy (non-hydrogen) atoms. The van der Waals surface area contributed by atoms with Gasteiger partial charge in [-0.05, 0) is 67.8 Å². The van der Waals surface area contributed by atoms with Gasteiger partial charge >= 0.3 is 6.36 Å². The topological polar surface area (TPSA) is 63.7 Å². The molecule has 0 unspecified atom stereocenters. The van der Waals surface area contributed by atoms with Crippen LogP contribution in [0.1, 0.15) is 29.8 Å². The molecule has 1 aliphatic rings. The minimum absolute atomic E-state index is 0.114. The first kappa shape index (κ1) is 24.5. The number of nitrogens with one attached hydrogen (secondary N) is 1. The highest BCUT2D eigenvalue weighted by Crippen LogP contribution is 2.30. The number of anilines is 2. The van der Waals surface area contributed by atoms with Gasteiger partial charge in [-0.1, -0.05) is 24.3 Å². The SMILES string of the molecule is Cc1c(C(=O)Nc2ccc(N3C[C@H](C)O[C@@H](C)C3)nc2)cccc1-c1ccc(OC(F)(F)F)cc1. The summed E-state index contributed by atoms with van der Waals surface area (Å²) in [6, 6.07) is 14.5. The summed E-state index contributed by atoms with van der Waals surface area (Å²) in [6.07, 6.45) is -2.90. The molecule has 4 rings (SSSR count). The quantitative estimate of drug-likeness (QED) is 0.493. The maximum atomic E-state index is 13.0. The average molecular weight is 486 g/mol. The lowest BCUT2D eigenvalue weighted by Gasteiger charge is -2.36. The van der Waals surface area contributed by atoms with Crippen molar-refractivity contribution in [2.24, 2.45) is 0 Å². The van der Waals surface area contributed by atoms with E-state index in [9.17, 15) is 18.0 Å². The fourth-order valence-corrected chi connectivity index (χ4v) is 4.24. The van der Waals surface area contributed by atoms with Crippen LogP contribution in [0.5, 0.6) is 5.75 Å². The van der Waals surface area contributed by atoms with E-state index in [1.807, 2.05) is 32.0 Å². The summed E-state index contributed by atoms with van der Waals surface area (Å²) >= 11 is 0. The van der Waals surface area contributed by atoms with Crippen LogP contribution in [-0.2, 0) is 4.74 Å². The van der Waals surface area contributed by atoms with Crippen LogP contribution in [0.25, 0.3) is 11.1 Å². The first-order chi connectivity index (χ1) is 16.6. The number of hydrogen-bond donors (Lipinski definition) is 1. The summed E-state index contributed by atoms with van der Waals surface area (Å²) in [6.45, 7) is 7.35. The van der Waals surface area contributed by atoms with E-state index in [1.54, 1.807) is 25.3 Å². The molecule has 6 nitrogen and oxygen atoms in total. The van der Waals surface area contributed by atoms with Crippen LogP contribution < -0.4 is 15.0 Å². The van der Waals surface area contributed by atoms with Crippen LogP contribution in [0.15, 0.2) is 60.8 Å². The van der Waals surface area contributed by atoms with E-state index in [0.29, 0.717) is 22.4 Å². The Morgan fingerprint density at radius 3 is 2.34 bits per heavy atom. The molecule has 184 valence electrons. The van der Waals surface area contributed by atoms with Gasteiger partial charge in [-0.15, -0.1) is 13.2 Å². The van der Waals surface area contributed by atoms with Gasteiger partial charge in [-0.25, -0.2) is 4.98 Å². The van der Waals surface area contributed by atoms with Crippen molar-refractivity contribution in [1.29, 1.82) is 0 Å². The Hall–Kier alpha value is -3.59. The van der Waals surface area contributed by atoms with Crippen LogP contribution in [0.3, 0.4) is 0 Å². The second-order valence-corrected chi connectivity index (χ2v) is 8.57. The summed E-state index contributed by atoms with van der Waals surface area (Å²) < 4.78 is 46.9. The van der Waals surface area contributed by atoms with Crippen LogP contribution in [0.4, 0.5) is 24.7 Å². The van der Waals surface area contributed by atoms with Gasteiger partial charge in [-0.2, -0.15) is 0 Å². The normalized spacial score (nSPS) is 18.3. The average Bonchev–Trinajstić information content (AvgIpc) is 2.79. The standard InChI is InChI=1S/C26H26F3N3O3/c1-16-14-32(15-17(2)34-16)24-12-9-20(13-30-24)31-25(33)23-6-4-5-22(18(23)3)19-7-10-21(11-8-19)35-26(27,28)29/h4-13,16-17H,14-15H2,1-3H3,(H,31,33)/t16-,17-/m0/s1. The maximum absolute atomic E-state index is 13.0. The van der Waals surface area contributed by atoms with E-state index in [0.717, 1.165) is 24.5 Å². The molecule has 0 radical (unpaired) electrons. The number of morpholine rings is 1. The molecule has 1 amide bonds. The van der Waals surface area contributed by atoms with Crippen molar-refractivity contribution in [1.82, 2.24) is 4.98 Å². The Morgan fingerprint density at radius 2 is 1.74 bits per heavy atom. The minimum atomic E-state index is -4.75. The lowest BCUT2D eigenvalue weighted by molar-refractivity contribution is -0.274. The molecule has 0 bridgehead atoms. The molecule has 2 atom stereocenters. The summed E-state index contributed by atoms with van der Waals surface area (Å²) in [5, 5.41) is 2.87. The fourth-order valence-electron chi connectivity index (χ4n) is 4.24. The highest BCUT2D eigenvalue weighted by Gasteiger charge is 2.31. The van der Waals surface area contributed by atoms with Crippen molar-refractivity contribution in [3.63, 3.8) is 0 Å². The van der Waals surface area contributed by atoms with E-state index in [2.05, 4.69) is 19.9 Å². The molecule has 1 aliphatic heterocycles. The number of ether oxygens (including phenoxy) is 2. The third-order valence-electron chi connectivity index (χ3n) is 5.73. The summed E-state index contributed by atoms with van der Waals surface area (Å²) in [7, 11) is 0. The van der Waals surface area contributed by atoms with Gasteiger partial charge in [0.1, 0.15) is 11.6 Å². The molecule has 1 N–H and O–H groups in total. The molecule has 0 aliphatic carbocycles. The number of aromatic nitrogens is 1. The monoisotopic (exact) mass is 485 g/mol. The van der Waals surface area contributed by atoms with Crippen molar-refractivity contribution in [2.75, 3.05) is 23.3 Å². The van der Waals surface area contributed by atoms with Crippen LogP contribution in [0.2, 0.25) is 0 Å². The largest absolute Gasteiger partial charge is 0.573 e. The molecular formula is C26H26F3N3O3. The maximum Gasteiger partial charge on any atom is 0.573 e. The molecule has 0 saturated carbocycles. The highest BCUT2D eigenvalue weighted by atomic mass is 19.4. The van der Waals surface area contributed by atoms with Crippen molar-refractivity contribution >= 4 is 17.4 Å². The molecule has 2 heterocycles. The molecular weight excluding hydrogens is 459 g/mol. The van der Waals surface area contributed by atoms with Gasteiger partial charge in [0, 0.05) is 18.7 Å². The molecule has 1 saturated heterocycles. The third kappa shape index (κ3) is 6.10. The summed E-state index contributed by atoms with van der Waals surface area (Å²) in [5.74, 6) is 0.218. The number of carbonyl (C=O) groups excluding carboxylic acids is 1. The summed E-state index contributed by atoms with van der Waals surface area (Å²) in [5.41, 5.74) is 3.13. The van der Waals surface area contributed by atoms with Crippen molar-refractivity contribution in [3.8, 4) is 16.9 Å². The number of alkyl halides is 3. The minimum Gasteiger partial charge on any atom is -0.406 e. The van der Waals surface area contributed by atoms with E-state index in [-0.39, 0.29) is 23.9 Å². The van der Waals surface area contributed by atoms with Crippen molar-refractivity contribution < 1.29 is 27.4 Å². The molecule has 0 spiro atoms. The zero-order valence-corrected chi connectivity index (χ0v) is 19.6. The van der Waals surface area contributed by atoms with Gasteiger partial charge in [-0.3, -0.25) is 4.79 Å². The number of nitrogens with zero attached hydrogens (tertiary/aromatic N) is 2. The Labute approximate surface area is 201 Å². The molecule has 1 fully saturated rings. The Balaban J connectivity index is 1.47. The number of pyridine rings is 1. The third-order valence-corrected chi connectivity index (χ3v) is 5.73. The molecule has 1 aromatic heterocycles. The van der Waals surface area contributed by atoms with Gasteiger partial charge in [0.25, 0.3) is 5.91 Å². The number of rotatable bonds is 5. The van der Waals surface area contributed by atoms with Gasteiger partial charge in [0.05, 0.1) is 24.1 Å². The smallest absolute Gasteiger partial charge is 0.406 e. The number of hydrogen-bond acceptors (Lipinski definition) is 5. The van der Waals surface area contributed by atoms with E-state index in [1.165, 1.54) is 24.3 Å². The fraction of sp³-hybridized carbons (Fsp3) is 0.308. The van der Waals surface area contributed by atoms with E-state index < -0.39 is 6.36 Å². The van der Waals surface area contributed by atoms with Crippen LogP contribution >= 0.6 is 0 Å². The summed E-state index contributed by atoms with van der Waals surface area (Å²) in [4.78, 5) is 19.6. The van der Waals surface area contributed by atoms with E-state index >= 15 is 0 Å². The number of halogens is 3. The predicted molar refractivity (Wildman–Crippen MR) is 128 cm³/mol. The lowest BCUT2D eigenvalue weighted by atomic mass is 9.96. The first-order valence-electron chi connectivity index (χ1n) is 11.2. The lowest BCUT2D eigenvalue weighted by Crippen LogP contribution is -2.45. The Morgan fingerprint density at radius 1 is 1.06 bits per heavy atom. The zero-order valence-electron chi connectivity index (χ0n) is 19.6. The first-order valence-corrected chi connectivity index (χ1v) is 11.2. The second-order valence-electron chi connectivity index (χ2n) is 8.57. The predicted octanol–water partition coefficient (Wildman–Crippen LogP) is 5.82. The number of amides is 1. The zero-order chi connectivity index (χ0) is 25.2. The number of carbonyl (C=O) groups is 1. The van der Waals surface area contributed by atoms with Crippen molar-refractivity contribution in [3.05, 3.63) is 71.9 Å². The molecule has 9 heteroatoms. The van der Waals surface area contributed by atoms with E-state index in [4.69, 9.17) is 4.74 Å². The van der Waals surface area contributed by atoms with Gasteiger partial charge < -0.3 is 19.7 Å². The molecule has 2 aromatic carbocycles. The highest BCUT2D eigenvalue weighted by molar-refractivity contribution is 6.06. The van der Waals surface area contributed by atoms with Crippen molar-refractivity contribution in [2.45, 2.75) is 39.3 Å². The van der Waals surface area contributed by atoms with Gasteiger partial charge in [0.2, 0.25) is 0 Å².